The summed E-state index contributed by atoms with van der Waals surface area (Å²) in [5.41, 5.74) is 0.744. The fourth-order valence-electron chi connectivity index (χ4n) is 1.69. The summed E-state index contributed by atoms with van der Waals surface area (Å²) in [6.45, 7) is -0.190. The van der Waals surface area contributed by atoms with Gasteiger partial charge < -0.3 is 15.7 Å². The largest absolute Gasteiger partial charge is 0.507 e. The summed E-state index contributed by atoms with van der Waals surface area (Å²) in [5.74, 6) is -1.02. The van der Waals surface area contributed by atoms with Crippen molar-refractivity contribution in [2.45, 2.75) is 0 Å². The smallest absolute Gasteiger partial charge is 0.255 e. The zero-order valence-electron chi connectivity index (χ0n) is 11.3. The number of carbonyl (C=O) groups is 2. The summed E-state index contributed by atoms with van der Waals surface area (Å²) >= 11 is 6.49. The van der Waals surface area contributed by atoms with Gasteiger partial charge in [0, 0.05) is 14.6 Å². The minimum absolute atomic E-state index is 0.111. The van der Waals surface area contributed by atoms with E-state index in [4.69, 9.17) is 0 Å². The Bertz CT molecular complexity index is 702. The molecular formula is C15H12Br2N2O3. The van der Waals surface area contributed by atoms with E-state index in [1.54, 1.807) is 30.3 Å². The van der Waals surface area contributed by atoms with Crippen LogP contribution in [0.15, 0.2) is 51.4 Å². The van der Waals surface area contributed by atoms with Crippen LogP contribution in [-0.2, 0) is 4.79 Å². The molecule has 0 saturated carbocycles. The van der Waals surface area contributed by atoms with Gasteiger partial charge in [0.15, 0.2) is 0 Å². The van der Waals surface area contributed by atoms with Crippen molar-refractivity contribution < 1.29 is 14.7 Å². The molecule has 2 amide bonds. The van der Waals surface area contributed by atoms with Gasteiger partial charge in [-0.05, 0) is 42.5 Å². The number of halogens is 2. The molecule has 5 nitrogen and oxygen atoms in total. The van der Waals surface area contributed by atoms with Crippen LogP contribution >= 0.6 is 31.9 Å². The second kappa shape index (κ2) is 7.42. The molecule has 114 valence electrons. The van der Waals surface area contributed by atoms with Gasteiger partial charge in [0.25, 0.3) is 5.91 Å². The van der Waals surface area contributed by atoms with Gasteiger partial charge >= 0.3 is 0 Å². The highest BCUT2D eigenvalue weighted by molar-refractivity contribution is 9.10. The first-order valence-corrected chi connectivity index (χ1v) is 7.86. The molecule has 0 bridgehead atoms. The Morgan fingerprint density at radius 2 is 1.64 bits per heavy atom. The molecular weight excluding hydrogens is 416 g/mol. The zero-order valence-corrected chi connectivity index (χ0v) is 14.4. The minimum Gasteiger partial charge on any atom is -0.507 e. The van der Waals surface area contributed by atoms with Crippen molar-refractivity contribution in [3.63, 3.8) is 0 Å². The van der Waals surface area contributed by atoms with E-state index < -0.39 is 5.91 Å². The van der Waals surface area contributed by atoms with Gasteiger partial charge in [0.05, 0.1) is 12.1 Å². The number of hydrogen-bond acceptors (Lipinski definition) is 3. The van der Waals surface area contributed by atoms with E-state index in [9.17, 15) is 14.7 Å². The zero-order chi connectivity index (χ0) is 16.1. The lowest BCUT2D eigenvalue weighted by Gasteiger charge is -2.08. The van der Waals surface area contributed by atoms with Crippen LogP contribution in [0.4, 0.5) is 5.69 Å². The fraction of sp³-hybridized carbons (Fsp3) is 0.0667. The minimum atomic E-state index is -0.518. The molecule has 0 saturated heterocycles. The SMILES string of the molecule is O=C(CNC(=O)c1ccc(Br)cc1O)Nc1ccc(Br)cc1. The van der Waals surface area contributed by atoms with Gasteiger partial charge in [-0.25, -0.2) is 0 Å². The lowest BCUT2D eigenvalue weighted by molar-refractivity contribution is -0.115. The highest BCUT2D eigenvalue weighted by Gasteiger charge is 2.12. The third-order valence-corrected chi connectivity index (χ3v) is 3.76. The average Bonchev–Trinajstić information content (AvgIpc) is 2.47. The summed E-state index contributed by atoms with van der Waals surface area (Å²) in [4.78, 5) is 23.7. The molecule has 22 heavy (non-hydrogen) atoms. The number of nitrogens with one attached hydrogen (secondary N) is 2. The number of aromatic hydroxyl groups is 1. The molecule has 0 aromatic heterocycles. The van der Waals surface area contributed by atoms with E-state index in [0.717, 1.165) is 4.47 Å². The monoisotopic (exact) mass is 426 g/mol. The van der Waals surface area contributed by atoms with Crippen LogP contribution in [0.25, 0.3) is 0 Å². The topological polar surface area (TPSA) is 78.4 Å². The molecule has 0 radical (unpaired) electrons. The summed E-state index contributed by atoms with van der Waals surface area (Å²) in [6, 6.07) is 11.6. The molecule has 2 aromatic rings. The van der Waals surface area contributed by atoms with Gasteiger partial charge in [0.2, 0.25) is 5.91 Å². The van der Waals surface area contributed by atoms with Crippen LogP contribution in [-0.4, -0.2) is 23.5 Å². The highest BCUT2D eigenvalue weighted by Crippen LogP contribution is 2.22. The molecule has 7 heteroatoms. The van der Waals surface area contributed by atoms with Crippen molar-refractivity contribution >= 4 is 49.4 Å². The first-order valence-electron chi connectivity index (χ1n) is 6.28. The van der Waals surface area contributed by atoms with Crippen LogP contribution in [0.1, 0.15) is 10.4 Å². The second-order valence-electron chi connectivity index (χ2n) is 4.40. The van der Waals surface area contributed by atoms with Gasteiger partial charge in [0.1, 0.15) is 5.75 Å². The van der Waals surface area contributed by atoms with Crippen LogP contribution in [0.2, 0.25) is 0 Å². The summed E-state index contributed by atoms with van der Waals surface area (Å²) in [5, 5.41) is 14.8. The van der Waals surface area contributed by atoms with Crippen LogP contribution in [0, 0.1) is 0 Å². The highest BCUT2D eigenvalue weighted by atomic mass is 79.9. The van der Waals surface area contributed by atoms with E-state index in [1.807, 2.05) is 0 Å². The Morgan fingerprint density at radius 3 is 2.27 bits per heavy atom. The summed E-state index contributed by atoms with van der Waals surface area (Å²) < 4.78 is 1.57. The van der Waals surface area contributed by atoms with E-state index in [0.29, 0.717) is 10.2 Å². The second-order valence-corrected chi connectivity index (χ2v) is 6.23. The van der Waals surface area contributed by atoms with E-state index >= 15 is 0 Å². The number of phenolic OH excluding ortho intramolecular Hbond substituents is 1. The van der Waals surface area contributed by atoms with Crippen molar-refractivity contribution in [2.75, 3.05) is 11.9 Å². The molecule has 2 aromatic carbocycles. The summed E-state index contributed by atoms with van der Waals surface area (Å²) in [7, 11) is 0. The van der Waals surface area contributed by atoms with Crippen LogP contribution < -0.4 is 10.6 Å². The number of carbonyl (C=O) groups excluding carboxylic acids is 2. The molecule has 0 fully saturated rings. The fourth-order valence-corrected chi connectivity index (χ4v) is 2.30. The molecule has 0 aliphatic rings. The van der Waals surface area contributed by atoms with E-state index in [2.05, 4.69) is 42.5 Å². The third kappa shape index (κ3) is 4.57. The predicted molar refractivity (Wildman–Crippen MR) is 90.9 cm³/mol. The van der Waals surface area contributed by atoms with Gasteiger partial charge in [-0.2, -0.15) is 0 Å². The quantitative estimate of drug-likeness (QED) is 0.700. The number of anilines is 1. The molecule has 0 heterocycles. The Balaban J connectivity index is 1.90. The van der Waals surface area contributed by atoms with Crippen LogP contribution in [0.3, 0.4) is 0 Å². The maximum Gasteiger partial charge on any atom is 0.255 e. The Kier molecular flexibility index (Phi) is 5.57. The van der Waals surface area contributed by atoms with E-state index in [-0.39, 0.29) is 23.8 Å². The standard InChI is InChI=1S/C15H12Br2N2O3/c16-9-1-4-11(5-2-9)19-14(21)8-18-15(22)12-6-3-10(17)7-13(12)20/h1-7,20H,8H2,(H,18,22)(H,19,21). The van der Waals surface area contributed by atoms with Gasteiger partial charge in [-0.1, -0.05) is 31.9 Å². The summed E-state index contributed by atoms with van der Waals surface area (Å²) in [6.07, 6.45) is 0. The van der Waals surface area contributed by atoms with E-state index in [1.165, 1.54) is 12.1 Å². The number of phenols is 1. The molecule has 0 aliphatic heterocycles. The molecule has 0 unspecified atom stereocenters. The first-order chi connectivity index (χ1) is 10.5. The Labute approximate surface area is 144 Å². The molecule has 3 N–H and O–H groups in total. The number of rotatable bonds is 4. The number of benzene rings is 2. The Morgan fingerprint density at radius 1 is 1.00 bits per heavy atom. The molecule has 0 spiro atoms. The molecule has 2 rings (SSSR count). The lowest BCUT2D eigenvalue weighted by atomic mass is 10.2. The lowest BCUT2D eigenvalue weighted by Crippen LogP contribution is -2.32. The normalized spacial score (nSPS) is 10.1. The van der Waals surface area contributed by atoms with Crippen molar-refractivity contribution in [3.05, 3.63) is 57.0 Å². The first kappa shape index (κ1) is 16.5. The van der Waals surface area contributed by atoms with Crippen molar-refractivity contribution in [1.82, 2.24) is 5.32 Å². The average molecular weight is 428 g/mol. The van der Waals surface area contributed by atoms with Crippen molar-refractivity contribution in [2.24, 2.45) is 0 Å². The molecule has 0 atom stereocenters. The number of hydrogen-bond donors (Lipinski definition) is 3. The van der Waals surface area contributed by atoms with Gasteiger partial charge in [-0.15, -0.1) is 0 Å². The van der Waals surface area contributed by atoms with Crippen molar-refractivity contribution in [1.29, 1.82) is 0 Å². The number of amides is 2. The van der Waals surface area contributed by atoms with Crippen molar-refractivity contribution in [3.8, 4) is 5.75 Å². The van der Waals surface area contributed by atoms with Crippen LogP contribution in [0.5, 0.6) is 5.75 Å². The third-order valence-electron chi connectivity index (χ3n) is 2.74. The maximum atomic E-state index is 11.9. The molecule has 0 aliphatic carbocycles. The van der Waals surface area contributed by atoms with Gasteiger partial charge in [-0.3, -0.25) is 9.59 Å². The predicted octanol–water partition coefficient (Wildman–Crippen LogP) is 3.29. The maximum absolute atomic E-state index is 11.9. The Hall–Kier alpha value is -1.86.